The van der Waals surface area contributed by atoms with Crippen molar-refractivity contribution in [1.29, 1.82) is 0 Å². The van der Waals surface area contributed by atoms with Crippen molar-refractivity contribution >= 4 is 11.6 Å². The first-order valence-electron chi connectivity index (χ1n) is 7.00. The maximum absolute atomic E-state index is 12.0. The van der Waals surface area contributed by atoms with Gasteiger partial charge in [-0.15, -0.1) is 6.58 Å². The minimum Gasteiger partial charge on any atom is -0.368 e. The molecule has 110 valence electrons. The molecule has 4 heteroatoms. The van der Waals surface area contributed by atoms with Crippen molar-refractivity contribution in [2.24, 2.45) is 0 Å². The maximum Gasteiger partial charge on any atom is 0.253 e. The van der Waals surface area contributed by atoms with E-state index in [0.717, 1.165) is 30.8 Å². The first-order valence-corrected chi connectivity index (χ1v) is 7.00. The Balaban J connectivity index is 2.50. The quantitative estimate of drug-likeness (QED) is 0.538. The van der Waals surface area contributed by atoms with E-state index in [-0.39, 0.29) is 5.91 Å². The van der Waals surface area contributed by atoms with Crippen molar-refractivity contribution < 1.29 is 9.53 Å². The second kappa shape index (κ2) is 9.28. The van der Waals surface area contributed by atoms with E-state index in [9.17, 15) is 4.79 Å². The molecule has 1 aromatic carbocycles. The van der Waals surface area contributed by atoms with Crippen LogP contribution < -0.4 is 10.6 Å². The van der Waals surface area contributed by atoms with Gasteiger partial charge in [-0.2, -0.15) is 0 Å². The van der Waals surface area contributed by atoms with Crippen molar-refractivity contribution in [2.45, 2.75) is 32.9 Å². The molecule has 0 saturated carbocycles. The van der Waals surface area contributed by atoms with Crippen LogP contribution in [-0.4, -0.2) is 25.2 Å². The van der Waals surface area contributed by atoms with E-state index in [1.807, 2.05) is 24.3 Å². The second-order valence-corrected chi connectivity index (χ2v) is 4.56. The van der Waals surface area contributed by atoms with Gasteiger partial charge in [0.05, 0.1) is 6.61 Å². The lowest BCUT2D eigenvalue weighted by molar-refractivity contribution is -0.126. The molecule has 1 aromatic rings. The number of hydrogen-bond acceptors (Lipinski definition) is 3. The van der Waals surface area contributed by atoms with Crippen LogP contribution in [0.3, 0.4) is 0 Å². The number of carbonyl (C=O) groups excluding carboxylic acids is 1. The molecule has 1 atom stereocenters. The summed E-state index contributed by atoms with van der Waals surface area (Å²) in [5.41, 5.74) is 1.94. The van der Waals surface area contributed by atoms with Crippen molar-refractivity contribution in [3.8, 4) is 0 Å². The summed E-state index contributed by atoms with van der Waals surface area (Å²) in [6, 6.07) is 7.81. The van der Waals surface area contributed by atoms with Gasteiger partial charge in [0.1, 0.15) is 6.10 Å². The normalized spacial score (nSPS) is 11.9. The third kappa shape index (κ3) is 5.99. The summed E-state index contributed by atoms with van der Waals surface area (Å²) in [5, 5.41) is 6.12. The Bertz CT molecular complexity index is 432. The first-order chi connectivity index (χ1) is 9.67. The van der Waals surface area contributed by atoms with Gasteiger partial charge in [-0.3, -0.25) is 4.79 Å². The highest BCUT2D eigenvalue weighted by atomic mass is 16.5. The minimum absolute atomic E-state index is 0.130. The van der Waals surface area contributed by atoms with Gasteiger partial charge < -0.3 is 15.4 Å². The Morgan fingerprint density at radius 2 is 2.30 bits per heavy atom. The topological polar surface area (TPSA) is 50.4 Å². The Morgan fingerprint density at radius 3 is 3.00 bits per heavy atom. The molecule has 0 spiro atoms. The van der Waals surface area contributed by atoms with Gasteiger partial charge in [0.2, 0.25) is 0 Å². The van der Waals surface area contributed by atoms with E-state index in [2.05, 4.69) is 24.1 Å². The standard InChI is InChI=1S/C16H24N2O2/c1-4-6-10-20-13(3)16(19)18-15-9-7-8-14(11-15)12-17-5-2/h4,7-9,11,13,17H,1,5-6,10,12H2,2-3H3,(H,18,19). The van der Waals surface area contributed by atoms with Gasteiger partial charge in [0.15, 0.2) is 0 Å². The maximum atomic E-state index is 12.0. The monoisotopic (exact) mass is 276 g/mol. The number of rotatable bonds is 9. The molecule has 1 unspecified atom stereocenters. The molecule has 0 aliphatic heterocycles. The van der Waals surface area contributed by atoms with Crippen LogP contribution in [0.5, 0.6) is 0 Å². The molecule has 4 nitrogen and oxygen atoms in total. The lowest BCUT2D eigenvalue weighted by Crippen LogP contribution is -2.28. The zero-order valence-electron chi connectivity index (χ0n) is 12.3. The average Bonchev–Trinajstić information content (AvgIpc) is 2.45. The van der Waals surface area contributed by atoms with Gasteiger partial charge in [-0.05, 0) is 37.6 Å². The van der Waals surface area contributed by atoms with E-state index in [0.29, 0.717) is 6.61 Å². The Labute approximate surface area is 121 Å². The predicted octanol–water partition coefficient (Wildman–Crippen LogP) is 2.72. The Kier molecular flexibility index (Phi) is 7.62. The smallest absolute Gasteiger partial charge is 0.253 e. The minimum atomic E-state index is -0.465. The van der Waals surface area contributed by atoms with Crippen LogP contribution in [0.2, 0.25) is 0 Å². The summed E-state index contributed by atoms with van der Waals surface area (Å²) in [5.74, 6) is -0.130. The third-order valence-corrected chi connectivity index (χ3v) is 2.83. The summed E-state index contributed by atoms with van der Waals surface area (Å²) in [6.07, 6.45) is 2.05. The summed E-state index contributed by atoms with van der Waals surface area (Å²) >= 11 is 0. The molecule has 0 aliphatic rings. The molecule has 20 heavy (non-hydrogen) atoms. The highest BCUT2D eigenvalue weighted by molar-refractivity contribution is 5.93. The molecule has 0 saturated heterocycles. The van der Waals surface area contributed by atoms with Gasteiger partial charge in [-0.1, -0.05) is 25.1 Å². The molecule has 0 aromatic heterocycles. The highest BCUT2D eigenvalue weighted by Crippen LogP contribution is 2.11. The average molecular weight is 276 g/mol. The number of hydrogen-bond donors (Lipinski definition) is 2. The van der Waals surface area contributed by atoms with E-state index >= 15 is 0 Å². The van der Waals surface area contributed by atoms with E-state index in [1.54, 1.807) is 13.0 Å². The molecule has 0 radical (unpaired) electrons. The molecule has 0 heterocycles. The van der Waals surface area contributed by atoms with E-state index < -0.39 is 6.10 Å². The zero-order valence-corrected chi connectivity index (χ0v) is 12.3. The summed E-state index contributed by atoms with van der Waals surface area (Å²) < 4.78 is 5.42. The van der Waals surface area contributed by atoms with Crippen LogP contribution in [0.1, 0.15) is 25.8 Å². The van der Waals surface area contributed by atoms with Crippen molar-refractivity contribution in [2.75, 3.05) is 18.5 Å². The van der Waals surface area contributed by atoms with Gasteiger partial charge in [0.25, 0.3) is 5.91 Å². The van der Waals surface area contributed by atoms with Gasteiger partial charge in [0, 0.05) is 12.2 Å². The number of nitrogens with one attached hydrogen (secondary N) is 2. The highest BCUT2D eigenvalue weighted by Gasteiger charge is 2.13. The van der Waals surface area contributed by atoms with Crippen molar-refractivity contribution in [3.05, 3.63) is 42.5 Å². The van der Waals surface area contributed by atoms with Crippen molar-refractivity contribution in [3.63, 3.8) is 0 Å². The number of benzene rings is 1. The van der Waals surface area contributed by atoms with Crippen LogP contribution in [0.25, 0.3) is 0 Å². The number of carbonyl (C=O) groups is 1. The summed E-state index contributed by atoms with van der Waals surface area (Å²) in [6.45, 7) is 9.66. The molecule has 0 fully saturated rings. The number of anilines is 1. The Hall–Kier alpha value is -1.65. The third-order valence-electron chi connectivity index (χ3n) is 2.83. The second-order valence-electron chi connectivity index (χ2n) is 4.56. The number of ether oxygens (including phenoxy) is 1. The zero-order chi connectivity index (χ0) is 14.8. The first kappa shape index (κ1) is 16.4. The predicted molar refractivity (Wildman–Crippen MR) is 82.7 cm³/mol. The molecule has 1 rings (SSSR count). The largest absolute Gasteiger partial charge is 0.368 e. The SMILES string of the molecule is C=CCCOC(C)C(=O)Nc1cccc(CNCC)c1. The number of amides is 1. The van der Waals surface area contributed by atoms with Gasteiger partial charge >= 0.3 is 0 Å². The summed E-state index contributed by atoms with van der Waals surface area (Å²) in [4.78, 5) is 12.0. The molecule has 0 bridgehead atoms. The summed E-state index contributed by atoms with van der Waals surface area (Å²) in [7, 11) is 0. The fourth-order valence-corrected chi connectivity index (χ4v) is 1.68. The fourth-order valence-electron chi connectivity index (χ4n) is 1.68. The lowest BCUT2D eigenvalue weighted by Gasteiger charge is -2.13. The Morgan fingerprint density at radius 1 is 1.50 bits per heavy atom. The van der Waals surface area contributed by atoms with Crippen LogP contribution in [0.4, 0.5) is 5.69 Å². The van der Waals surface area contributed by atoms with Crippen molar-refractivity contribution in [1.82, 2.24) is 5.32 Å². The molecular formula is C16H24N2O2. The van der Waals surface area contributed by atoms with Crippen LogP contribution >= 0.6 is 0 Å². The van der Waals surface area contributed by atoms with Crippen LogP contribution in [0.15, 0.2) is 36.9 Å². The van der Waals surface area contributed by atoms with Gasteiger partial charge in [-0.25, -0.2) is 0 Å². The van der Waals surface area contributed by atoms with E-state index in [1.165, 1.54) is 0 Å². The lowest BCUT2D eigenvalue weighted by atomic mass is 10.2. The molecule has 2 N–H and O–H groups in total. The molecular weight excluding hydrogens is 252 g/mol. The molecule has 1 amide bonds. The van der Waals surface area contributed by atoms with Crippen LogP contribution in [0, 0.1) is 0 Å². The fraction of sp³-hybridized carbons (Fsp3) is 0.438. The molecule has 0 aliphatic carbocycles. The van der Waals surface area contributed by atoms with Crippen LogP contribution in [-0.2, 0) is 16.1 Å². The van der Waals surface area contributed by atoms with E-state index in [4.69, 9.17) is 4.74 Å².